The molecule has 0 atom stereocenters. The maximum absolute atomic E-state index is 13.4. The summed E-state index contributed by atoms with van der Waals surface area (Å²) in [7, 11) is 3.13. The van der Waals surface area contributed by atoms with Gasteiger partial charge in [0.15, 0.2) is 11.5 Å². The van der Waals surface area contributed by atoms with E-state index in [1.807, 2.05) is 24.3 Å². The second-order valence-electron chi connectivity index (χ2n) is 7.31. The van der Waals surface area contributed by atoms with Crippen LogP contribution in [0, 0.1) is 0 Å². The summed E-state index contributed by atoms with van der Waals surface area (Å²) in [6.45, 7) is 0. The van der Waals surface area contributed by atoms with Gasteiger partial charge in [0.25, 0.3) is 5.56 Å². The zero-order valence-corrected chi connectivity index (χ0v) is 20.4. The van der Waals surface area contributed by atoms with Crippen LogP contribution in [0.2, 0.25) is 5.02 Å². The first-order valence-corrected chi connectivity index (χ1v) is 11.3. The van der Waals surface area contributed by atoms with Crippen molar-refractivity contribution in [2.75, 3.05) is 14.2 Å². The fourth-order valence-electron chi connectivity index (χ4n) is 3.69. The summed E-state index contributed by atoms with van der Waals surface area (Å²) in [5.74, 6) is 1.81. The van der Waals surface area contributed by atoms with E-state index in [0.29, 0.717) is 48.8 Å². The Labute approximate surface area is 207 Å². The number of hydrogen-bond donors (Lipinski definition) is 0. The van der Waals surface area contributed by atoms with Crippen LogP contribution in [0.5, 0.6) is 11.5 Å². The molecule has 2 aromatic heterocycles. The number of furan rings is 1. The molecule has 3 aromatic carbocycles. The van der Waals surface area contributed by atoms with E-state index in [1.165, 1.54) is 18.0 Å². The van der Waals surface area contributed by atoms with Gasteiger partial charge in [0, 0.05) is 0 Å². The summed E-state index contributed by atoms with van der Waals surface area (Å²) >= 11 is 9.74. The molecule has 0 spiro atoms. The van der Waals surface area contributed by atoms with Crippen LogP contribution in [0.3, 0.4) is 0 Å². The monoisotopic (exact) mass is 537 g/mol. The number of rotatable bonds is 5. The Kier molecular flexibility index (Phi) is 5.85. The number of aromatic nitrogens is 2. The fourth-order valence-corrected chi connectivity index (χ4v) is 4.74. The van der Waals surface area contributed by atoms with Gasteiger partial charge in [-0.05, 0) is 64.0 Å². The lowest BCUT2D eigenvalue weighted by atomic mass is 10.2. The highest BCUT2D eigenvalue weighted by Gasteiger charge is 2.18. The van der Waals surface area contributed by atoms with Crippen molar-refractivity contribution in [3.63, 3.8) is 0 Å². The predicted octanol–water partition coefficient (Wildman–Crippen LogP) is 6.13. The highest BCUT2D eigenvalue weighted by molar-refractivity contribution is 9.10. The first-order valence-electron chi connectivity index (χ1n) is 10.2. The average molecular weight is 539 g/mol. The summed E-state index contributed by atoms with van der Waals surface area (Å²) in [4.78, 5) is 18.1. The molecular weight excluding hydrogens is 522 g/mol. The molecule has 170 valence electrons. The van der Waals surface area contributed by atoms with E-state index in [1.54, 1.807) is 43.5 Å². The second kappa shape index (κ2) is 8.96. The van der Waals surface area contributed by atoms with Gasteiger partial charge in [-0.15, -0.1) is 0 Å². The highest BCUT2D eigenvalue weighted by atomic mass is 79.9. The van der Waals surface area contributed by atoms with Crippen molar-refractivity contribution in [2.24, 2.45) is 5.10 Å². The van der Waals surface area contributed by atoms with Gasteiger partial charge >= 0.3 is 0 Å². The third-order valence-electron chi connectivity index (χ3n) is 5.26. The summed E-state index contributed by atoms with van der Waals surface area (Å²) in [5, 5.41) is 6.07. The van der Waals surface area contributed by atoms with Crippen LogP contribution in [0.4, 0.5) is 0 Å². The van der Waals surface area contributed by atoms with Gasteiger partial charge in [-0.3, -0.25) is 4.79 Å². The van der Waals surface area contributed by atoms with E-state index < -0.39 is 0 Å². The molecule has 0 fully saturated rings. The summed E-state index contributed by atoms with van der Waals surface area (Å²) in [5.41, 5.74) is 1.48. The number of fused-ring (bicyclic) bond motifs is 2. The Morgan fingerprint density at radius 2 is 1.88 bits per heavy atom. The Hall–Kier alpha value is -3.62. The Morgan fingerprint density at radius 1 is 1.06 bits per heavy atom. The fraction of sp³-hybridized carbons (Fsp3) is 0.0800. The van der Waals surface area contributed by atoms with Crippen LogP contribution < -0.4 is 15.0 Å². The normalized spacial score (nSPS) is 11.5. The van der Waals surface area contributed by atoms with Gasteiger partial charge < -0.3 is 13.9 Å². The highest BCUT2D eigenvalue weighted by Crippen LogP contribution is 2.34. The molecule has 0 unspecified atom stereocenters. The van der Waals surface area contributed by atoms with Crippen molar-refractivity contribution >= 4 is 55.6 Å². The molecule has 0 N–H and O–H groups in total. The van der Waals surface area contributed by atoms with E-state index in [-0.39, 0.29) is 11.4 Å². The quantitative estimate of drug-likeness (QED) is 0.252. The van der Waals surface area contributed by atoms with E-state index in [0.717, 1.165) is 5.39 Å². The molecule has 0 aliphatic rings. The molecule has 7 nitrogen and oxygen atoms in total. The van der Waals surface area contributed by atoms with Gasteiger partial charge in [0.2, 0.25) is 5.82 Å². The number of benzene rings is 3. The lowest BCUT2D eigenvalue weighted by Crippen LogP contribution is -2.20. The Bertz CT molecular complexity index is 1620. The van der Waals surface area contributed by atoms with Crippen LogP contribution in [0.15, 0.2) is 79.4 Å². The van der Waals surface area contributed by atoms with Crippen molar-refractivity contribution in [3.05, 3.63) is 86.1 Å². The van der Waals surface area contributed by atoms with E-state index in [4.69, 9.17) is 30.5 Å². The number of methoxy groups -OCH3 is 2. The maximum atomic E-state index is 13.4. The number of ether oxygens (including phenoxy) is 2. The Morgan fingerprint density at radius 3 is 2.65 bits per heavy atom. The van der Waals surface area contributed by atoms with Crippen molar-refractivity contribution in [2.45, 2.75) is 0 Å². The molecule has 0 saturated carbocycles. The minimum absolute atomic E-state index is 0.261. The SMILES string of the molecule is COc1c(Cl)cc(C=Nn2c(-c3cc4c(OC)cccc4o3)nc3ccccc3c2=O)cc1Br. The van der Waals surface area contributed by atoms with Gasteiger partial charge in [-0.25, -0.2) is 4.98 Å². The zero-order chi connectivity index (χ0) is 23.8. The minimum Gasteiger partial charge on any atom is -0.496 e. The first kappa shape index (κ1) is 22.2. The number of nitrogens with zero attached hydrogens (tertiary/aromatic N) is 3. The summed E-state index contributed by atoms with van der Waals surface area (Å²) in [6, 6.07) is 17.9. The van der Waals surface area contributed by atoms with Crippen LogP contribution in [0.1, 0.15) is 5.56 Å². The Balaban J connectivity index is 1.72. The average Bonchev–Trinajstić information content (AvgIpc) is 3.27. The van der Waals surface area contributed by atoms with Gasteiger partial charge in [0.05, 0.1) is 46.2 Å². The zero-order valence-electron chi connectivity index (χ0n) is 18.1. The van der Waals surface area contributed by atoms with Crippen LogP contribution in [-0.2, 0) is 0 Å². The molecular formula is C25H17BrClN3O4. The molecule has 0 bridgehead atoms. The topological polar surface area (TPSA) is 78.8 Å². The molecule has 34 heavy (non-hydrogen) atoms. The number of halogens is 2. The minimum atomic E-state index is -0.331. The van der Waals surface area contributed by atoms with Crippen LogP contribution >= 0.6 is 27.5 Å². The largest absolute Gasteiger partial charge is 0.496 e. The third kappa shape index (κ3) is 3.85. The van der Waals surface area contributed by atoms with Crippen LogP contribution in [-0.4, -0.2) is 30.1 Å². The summed E-state index contributed by atoms with van der Waals surface area (Å²) < 4.78 is 18.6. The molecule has 0 amide bonds. The van der Waals surface area contributed by atoms with Crippen molar-refractivity contribution in [1.29, 1.82) is 0 Å². The number of para-hydroxylation sites is 1. The van der Waals surface area contributed by atoms with E-state index in [2.05, 4.69) is 21.0 Å². The predicted molar refractivity (Wildman–Crippen MR) is 136 cm³/mol. The molecule has 0 radical (unpaired) electrons. The second-order valence-corrected chi connectivity index (χ2v) is 8.58. The molecule has 0 aliphatic carbocycles. The van der Waals surface area contributed by atoms with Crippen LogP contribution in [0.25, 0.3) is 33.5 Å². The smallest absolute Gasteiger partial charge is 0.282 e. The third-order valence-corrected chi connectivity index (χ3v) is 6.13. The van der Waals surface area contributed by atoms with Gasteiger partial charge in [-0.1, -0.05) is 29.8 Å². The van der Waals surface area contributed by atoms with E-state index >= 15 is 0 Å². The standard InChI is InChI=1S/C25H17BrClN3O4/c1-32-20-8-5-9-21-16(20)12-22(34-21)24-29-19-7-4-3-6-15(19)25(31)30(24)28-13-14-10-17(26)23(33-2)18(27)11-14/h3-13H,1-2H3. The summed E-state index contributed by atoms with van der Waals surface area (Å²) in [6.07, 6.45) is 1.53. The van der Waals surface area contributed by atoms with Gasteiger partial charge in [-0.2, -0.15) is 9.78 Å². The first-order chi connectivity index (χ1) is 16.5. The molecule has 5 aromatic rings. The molecule has 0 saturated heterocycles. The van der Waals surface area contributed by atoms with Crippen molar-refractivity contribution in [1.82, 2.24) is 9.66 Å². The molecule has 2 heterocycles. The number of hydrogen-bond acceptors (Lipinski definition) is 6. The maximum Gasteiger partial charge on any atom is 0.282 e. The molecule has 5 rings (SSSR count). The van der Waals surface area contributed by atoms with E-state index in [9.17, 15) is 4.79 Å². The molecule has 9 heteroatoms. The van der Waals surface area contributed by atoms with Crippen molar-refractivity contribution in [3.8, 4) is 23.1 Å². The molecule has 0 aliphatic heterocycles. The van der Waals surface area contributed by atoms with Crippen molar-refractivity contribution < 1.29 is 13.9 Å². The lowest BCUT2D eigenvalue weighted by Gasteiger charge is -2.08. The lowest BCUT2D eigenvalue weighted by molar-refractivity contribution is 0.412. The van der Waals surface area contributed by atoms with Gasteiger partial charge in [0.1, 0.15) is 11.3 Å².